The lowest BCUT2D eigenvalue weighted by Gasteiger charge is -2.25. The third-order valence-corrected chi connectivity index (χ3v) is 5.05. The van der Waals surface area contributed by atoms with Crippen LogP contribution >= 0.6 is 0 Å². The molecule has 1 aliphatic heterocycles. The predicted octanol–water partition coefficient (Wildman–Crippen LogP) is 5.36. The standard InChI is InChI=1S/C20H16N/c1-21(2)17-11-5-9-15-13-7-3-4-8-14(13)16-10-6-12-18(21)20(16)19(15)17/h3-12H,1-2H3/q+1. The molecule has 1 nitrogen and oxygen atoms in total. The lowest BCUT2D eigenvalue weighted by atomic mass is 9.95. The molecular weight excluding hydrogens is 254 g/mol. The van der Waals surface area contributed by atoms with E-state index < -0.39 is 0 Å². The first kappa shape index (κ1) is 11.3. The van der Waals surface area contributed by atoms with Crippen LogP contribution in [0.15, 0.2) is 60.7 Å². The first-order valence-electron chi connectivity index (χ1n) is 7.41. The van der Waals surface area contributed by atoms with Gasteiger partial charge in [-0.2, -0.15) is 0 Å². The van der Waals surface area contributed by atoms with Gasteiger partial charge in [-0.1, -0.05) is 48.5 Å². The Balaban J connectivity index is 2.26. The highest BCUT2D eigenvalue weighted by atomic mass is 15.3. The Morgan fingerprint density at radius 1 is 0.524 bits per heavy atom. The molecule has 0 aliphatic carbocycles. The Bertz CT molecular complexity index is 973. The molecule has 4 aromatic rings. The third kappa shape index (κ3) is 1.17. The van der Waals surface area contributed by atoms with Crippen molar-refractivity contribution in [3.8, 4) is 0 Å². The van der Waals surface area contributed by atoms with Crippen molar-refractivity contribution in [2.24, 2.45) is 0 Å². The van der Waals surface area contributed by atoms with Gasteiger partial charge in [0, 0.05) is 12.1 Å². The molecule has 0 N–H and O–H groups in total. The van der Waals surface area contributed by atoms with E-state index in [4.69, 9.17) is 0 Å². The Kier molecular flexibility index (Phi) is 1.85. The summed E-state index contributed by atoms with van der Waals surface area (Å²) in [6, 6.07) is 22.3. The number of benzene rings is 4. The largest absolute Gasteiger partial charge is 0.262 e. The minimum absolute atomic E-state index is 0.834. The minimum atomic E-state index is 0.834. The molecule has 1 aliphatic rings. The summed E-state index contributed by atoms with van der Waals surface area (Å²) in [6.45, 7) is 0. The van der Waals surface area contributed by atoms with Gasteiger partial charge in [-0.15, -0.1) is 0 Å². The average molecular weight is 270 g/mol. The van der Waals surface area contributed by atoms with Gasteiger partial charge in [0.05, 0.1) is 24.9 Å². The van der Waals surface area contributed by atoms with Gasteiger partial charge in [0.2, 0.25) is 0 Å². The van der Waals surface area contributed by atoms with Crippen LogP contribution in [0.3, 0.4) is 0 Å². The molecule has 5 rings (SSSR count). The molecule has 0 radical (unpaired) electrons. The summed E-state index contributed by atoms with van der Waals surface area (Å²) in [4.78, 5) is 0. The smallest absolute Gasteiger partial charge is 0.146 e. The fraction of sp³-hybridized carbons (Fsp3) is 0.100. The molecule has 0 amide bonds. The van der Waals surface area contributed by atoms with E-state index in [1.165, 1.54) is 43.7 Å². The zero-order chi connectivity index (χ0) is 14.2. The van der Waals surface area contributed by atoms with Crippen molar-refractivity contribution in [2.75, 3.05) is 14.1 Å². The van der Waals surface area contributed by atoms with Crippen LogP contribution in [0.4, 0.5) is 11.4 Å². The van der Waals surface area contributed by atoms with Crippen LogP contribution in [0.5, 0.6) is 0 Å². The maximum absolute atomic E-state index is 2.29. The van der Waals surface area contributed by atoms with E-state index in [-0.39, 0.29) is 0 Å². The van der Waals surface area contributed by atoms with E-state index in [1.54, 1.807) is 0 Å². The molecular formula is C20H16N+. The highest BCUT2D eigenvalue weighted by molar-refractivity contribution is 6.33. The van der Waals surface area contributed by atoms with Crippen LogP contribution in [0.1, 0.15) is 0 Å². The molecule has 0 aromatic heterocycles. The van der Waals surface area contributed by atoms with E-state index in [0.29, 0.717) is 0 Å². The molecule has 100 valence electrons. The average Bonchev–Trinajstić information content (AvgIpc) is 2.76. The van der Waals surface area contributed by atoms with Crippen LogP contribution in [-0.4, -0.2) is 14.1 Å². The van der Waals surface area contributed by atoms with Crippen molar-refractivity contribution in [3.63, 3.8) is 0 Å². The molecule has 4 aromatic carbocycles. The molecule has 1 heterocycles. The lowest BCUT2D eigenvalue weighted by Crippen LogP contribution is -2.32. The zero-order valence-corrected chi connectivity index (χ0v) is 12.2. The number of rotatable bonds is 0. The summed E-state index contributed by atoms with van der Waals surface area (Å²) in [5.74, 6) is 0. The first-order chi connectivity index (χ1) is 10.2. The third-order valence-electron chi connectivity index (χ3n) is 5.05. The van der Waals surface area contributed by atoms with E-state index in [0.717, 1.165) is 4.48 Å². The molecule has 0 saturated heterocycles. The summed E-state index contributed by atoms with van der Waals surface area (Å²) in [5, 5.41) is 8.36. The Morgan fingerprint density at radius 3 is 1.43 bits per heavy atom. The Labute approximate surface area is 123 Å². The zero-order valence-electron chi connectivity index (χ0n) is 12.2. The number of hydrogen-bond acceptors (Lipinski definition) is 0. The van der Waals surface area contributed by atoms with Crippen LogP contribution < -0.4 is 4.48 Å². The van der Waals surface area contributed by atoms with Crippen molar-refractivity contribution in [3.05, 3.63) is 60.7 Å². The van der Waals surface area contributed by atoms with Crippen molar-refractivity contribution in [1.29, 1.82) is 0 Å². The number of quaternary nitrogens is 1. The summed E-state index contributed by atoms with van der Waals surface area (Å²) in [7, 11) is 4.57. The minimum Gasteiger partial charge on any atom is -0.262 e. The van der Waals surface area contributed by atoms with E-state index in [2.05, 4.69) is 74.8 Å². The second kappa shape index (κ2) is 3.44. The first-order valence-corrected chi connectivity index (χ1v) is 7.41. The molecule has 0 bridgehead atoms. The summed E-state index contributed by atoms with van der Waals surface area (Å²) >= 11 is 0. The van der Waals surface area contributed by atoms with Crippen molar-refractivity contribution < 1.29 is 0 Å². The highest BCUT2D eigenvalue weighted by Crippen LogP contribution is 2.52. The van der Waals surface area contributed by atoms with Gasteiger partial charge in [0.15, 0.2) is 0 Å². The van der Waals surface area contributed by atoms with Crippen LogP contribution in [0.25, 0.3) is 32.3 Å². The van der Waals surface area contributed by atoms with Gasteiger partial charge in [-0.05, 0) is 21.5 Å². The number of hydrogen-bond donors (Lipinski definition) is 0. The topological polar surface area (TPSA) is 0 Å². The number of nitrogens with zero attached hydrogens (tertiary/aromatic N) is 1. The van der Waals surface area contributed by atoms with Crippen molar-refractivity contribution in [2.45, 2.75) is 0 Å². The molecule has 0 saturated carbocycles. The highest BCUT2D eigenvalue weighted by Gasteiger charge is 2.35. The fourth-order valence-corrected chi connectivity index (χ4v) is 4.07. The van der Waals surface area contributed by atoms with Crippen LogP contribution in [-0.2, 0) is 0 Å². The normalized spacial score (nSPS) is 15.5. The molecule has 0 fully saturated rings. The van der Waals surface area contributed by atoms with Gasteiger partial charge >= 0.3 is 0 Å². The van der Waals surface area contributed by atoms with Gasteiger partial charge in [-0.25, -0.2) is 0 Å². The maximum atomic E-state index is 2.29. The van der Waals surface area contributed by atoms with Crippen molar-refractivity contribution in [1.82, 2.24) is 4.48 Å². The second-order valence-corrected chi connectivity index (χ2v) is 6.40. The summed E-state index contributed by atoms with van der Waals surface area (Å²) in [6.07, 6.45) is 0. The fourth-order valence-electron chi connectivity index (χ4n) is 4.07. The predicted molar refractivity (Wildman–Crippen MR) is 92.3 cm³/mol. The van der Waals surface area contributed by atoms with Gasteiger partial charge in [0.1, 0.15) is 11.4 Å². The molecule has 0 atom stereocenters. The molecule has 21 heavy (non-hydrogen) atoms. The lowest BCUT2D eigenvalue weighted by molar-refractivity contribution is 0.570. The van der Waals surface area contributed by atoms with E-state index >= 15 is 0 Å². The monoisotopic (exact) mass is 270 g/mol. The van der Waals surface area contributed by atoms with Gasteiger partial charge in [0.25, 0.3) is 0 Å². The van der Waals surface area contributed by atoms with E-state index in [1.807, 2.05) is 0 Å². The summed E-state index contributed by atoms with van der Waals surface area (Å²) in [5.41, 5.74) is 2.81. The van der Waals surface area contributed by atoms with E-state index in [9.17, 15) is 0 Å². The molecule has 0 unspecified atom stereocenters. The summed E-state index contributed by atoms with van der Waals surface area (Å²) < 4.78 is 0.834. The Morgan fingerprint density at radius 2 is 0.952 bits per heavy atom. The number of fused-ring (bicyclic) bond motifs is 3. The second-order valence-electron chi connectivity index (χ2n) is 6.40. The van der Waals surface area contributed by atoms with Gasteiger partial charge < -0.3 is 0 Å². The SMILES string of the molecule is C[N+]1(C)c2cccc3c4ccccc4c4cccc1c4c23. The molecule has 0 spiro atoms. The Hall–Kier alpha value is -2.38. The molecule has 1 heteroatoms. The maximum Gasteiger partial charge on any atom is 0.146 e. The van der Waals surface area contributed by atoms with Crippen LogP contribution in [0, 0.1) is 0 Å². The van der Waals surface area contributed by atoms with Gasteiger partial charge in [-0.3, -0.25) is 4.48 Å². The van der Waals surface area contributed by atoms with Crippen LogP contribution in [0.2, 0.25) is 0 Å². The van der Waals surface area contributed by atoms with Crippen molar-refractivity contribution >= 4 is 43.7 Å². The quantitative estimate of drug-likeness (QED) is 0.298.